The Bertz CT molecular complexity index is 1100. The van der Waals surface area contributed by atoms with Gasteiger partial charge < -0.3 is 4.90 Å². The van der Waals surface area contributed by atoms with E-state index >= 15 is 0 Å². The molecule has 7 nitrogen and oxygen atoms in total. The van der Waals surface area contributed by atoms with Crippen LogP contribution in [0, 0.1) is 6.92 Å². The minimum atomic E-state index is 0.0957. The topological polar surface area (TPSA) is 67.2 Å². The molecule has 0 unspecified atom stereocenters. The molecular weight excluding hydrogens is 420 g/mol. The minimum Gasteiger partial charge on any atom is -0.337 e. The zero-order valence-corrected chi connectivity index (χ0v) is 19.8. The minimum absolute atomic E-state index is 0.0957. The van der Waals surface area contributed by atoms with E-state index in [4.69, 9.17) is 4.98 Å². The molecule has 1 amide bonds. The molecule has 1 aliphatic heterocycles. The summed E-state index contributed by atoms with van der Waals surface area (Å²) in [6, 6.07) is 4.55. The van der Waals surface area contributed by atoms with Crippen molar-refractivity contribution in [2.45, 2.75) is 52.0 Å². The Kier molecular flexibility index (Phi) is 5.82. The van der Waals surface area contributed by atoms with Crippen molar-refractivity contribution in [3.63, 3.8) is 0 Å². The van der Waals surface area contributed by atoms with E-state index in [0.29, 0.717) is 17.9 Å². The van der Waals surface area contributed by atoms with Crippen LogP contribution in [-0.4, -0.2) is 67.7 Å². The van der Waals surface area contributed by atoms with Crippen LogP contribution >= 0.6 is 11.3 Å². The van der Waals surface area contributed by atoms with E-state index in [-0.39, 0.29) is 5.91 Å². The molecule has 1 saturated heterocycles. The van der Waals surface area contributed by atoms with Crippen molar-refractivity contribution in [1.29, 1.82) is 0 Å². The van der Waals surface area contributed by atoms with Gasteiger partial charge in [0.25, 0.3) is 11.9 Å². The van der Waals surface area contributed by atoms with Crippen molar-refractivity contribution in [3.8, 4) is 16.5 Å². The van der Waals surface area contributed by atoms with E-state index in [0.717, 1.165) is 72.8 Å². The maximum atomic E-state index is 13.5. The molecule has 0 spiro atoms. The molecule has 2 aliphatic rings. The van der Waals surface area contributed by atoms with Gasteiger partial charge in [0.05, 0.1) is 28.0 Å². The quantitative estimate of drug-likeness (QED) is 0.541. The average molecular weight is 451 g/mol. The molecule has 0 radical (unpaired) electrons. The zero-order chi connectivity index (χ0) is 22.2. The molecule has 168 valence electrons. The lowest BCUT2D eigenvalue weighted by atomic mass is 10.1. The number of hydrogen-bond donors (Lipinski definition) is 0. The number of thiophene rings is 1. The predicted octanol–water partition coefficient (Wildman–Crippen LogP) is 4.13. The smallest absolute Gasteiger partial charge is 0.257 e. The van der Waals surface area contributed by atoms with E-state index in [1.165, 1.54) is 0 Å². The number of likely N-dealkylation sites (N-methyl/N-ethyl adjacent to an activating group) is 1. The van der Waals surface area contributed by atoms with Crippen molar-refractivity contribution in [3.05, 3.63) is 46.7 Å². The maximum absolute atomic E-state index is 13.5. The summed E-state index contributed by atoms with van der Waals surface area (Å²) in [6.45, 7) is 10.0. The lowest BCUT2D eigenvalue weighted by Gasteiger charge is -2.26. The Balaban J connectivity index is 1.46. The van der Waals surface area contributed by atoms with Crippen LogP contribution in [0.15, 0.2) is 29.9 Å². The van der Waals surface area contributed by atoms with E-state index < -0.39 is 0 Å². The molecule has 3 aromatic heterocycles. The Morgan fingerprint density at radius 1 is 1.22 bits per heavy atom. The molecule has 1 aliphatic carbocycles. The van der Waals surface area contributed by atoms with Crippen molar-refractivity contribution >= 4 is 17.2 Å². The van der Waals surface area contributed by atoms with E-state index in [2.05, 4.69) is 40.3 Å². The maximum Gasteiger partial charge on any atom is 0.257 e. The molecule has 2 fully saturated rings. The van der Waals surface area contributed by atoms with Crippen LogP contribution in [-0.2, 0) is 0 Å². The summed E-state index contributed by atoms with van der Waals surface area (Å²) in [5, 5.41) is 6.67. The third kappa shape index (κ3) is 3.86. The summed E-state index contributed by atoms with van der Waals surface area (Å²) in [6.07, 6.45) is 6.78. The molecule has 0 bridgehead atoms. The van der Waals surface area contributed by atoms with Crippen molar-refractivity contribution in [2.24, 2.45) is 0 Å². The molecule has 4 heterocycles. The molecule has 0 aromatic carbocycles. The highest BCUT2D eigenvalue weighted by atomic mass is 32.1. The summed E-state index contributed by atoms with van der Waals surface area (Å²) in [4.78, 5) is 28.5. The number of aryl methyl sites for hydroxylation is 1. The summed E-state index contributed by atoms with van der Waals surface area (Å²) in [7, 11) is 0. The van der Waals surface area contributed by atoms with Crippen LogP contribution < -0.4 is 0 Å². The summed E-state index contributed by atoms with van der Waals surface area (Å²) in [5.41, 5.74) is 3.65. The highest BCUT2D eigenvalue weighted by Gasteiger charge is 2.37. The summed E-state index contributed by atoms with van der Waals surface area (Å²) >= 11 is 1.67. The lowest BCUT2D eigenvalue weighted by Crippen LogP contribution is -2.38. The monoisotopic (exact) mass is 450 g/mol. The second kappa shape index (κ2) is 8.75. The van der Waals surface area contributed by atoms with E-state index in [1.807, 2.05) is 24.1 Å². The van der Waals surface area contributed by atoms with Gasteiger partial charge in [-0.25, -0.2) is 14.6 Å². The fraction of sp³-hybridized carbons (Fsp3) is 0.500. The van der Waals surface area contributed by atoms with Crippen LogP contribution in [0.25, 0.3) is 16.5 Å². The van der Waals surface area contributed by atoms with Crippen LogP contribution in [0.5, 0.6) is 0 Å². The van der Waals surface area contributed by atoms with Crippen molar-refractivity contribution in [1.82, 2.24) is 29.5 Å². The molecule has 8 heteroatoms. The third-order valence-corrected chi connectivity index (χ3v) is 7.56. The normalized spacial score (nSPS) is 18.6. The lowest BCUT2D eigenvalue weighted by molar-refractivity contribution is 0.0776. The number of rotatable bonds is 7. The van der Waals surface area contributed by atoms with Gasteiger partial charge in [0, 0.05) is 31.2 Å². The molecular formula is C24H30N6OS. The zero-order valence-electron chi connectivity index (χ0n) is 19.0. The Hall–Kier alpha value is -2.58. The molecule has 5 rings (SSSR count). The number of carbonyl (C=O) groups excluding carboxylic acids is 1. The Labute approximate surface area is 193 Å². The number of aromatic nitrogens is 4. The fourth-order valence-electron chi connectivity index (χ4n) is 4.76. The van der Waals surface area contributed by atoms with Gasteiger partial charge in [-0.05, 0) is 56.3 Å². The molecule has 1 saturated carbocycles. The standard InChI is InChI=1S/C24H30N6OS/c1-4-28(5-2)18-10-11-29(15-18)23(31)19-14-26-30(22(19)17-8-9-17)24-25-13-16(3)21(27-24)20-7-6-12-32-20/h6-7,12-14,17-18H,4-5,8-11,15H2,1-3H3/t18-/m0/s1. The summed E-state index contributed by atoms with van der Waals surface area (Å²) in [5.74, 6) is 0.994. The largest absolute Gasteiger partial charge is 0.337 e. The Morgan fingerprint density at radius 3 is 2.72 bits per heavy atom. The van der Waals surface area contributed by atoms with Gasteiger partial charge in [0.2, 0.25) is 0 Å². The van der Waals surface area contributed by atoms with Crippen LogP contribution in [0.2, 0.25) is 0 Å². The number of nitrogens with zero attached hydrogens (tertiary/aromatic N) is 6. The second-order valence-electron chi connectivity index (χ2n) is 8.72. The number of amides is 1. The molecule has 32 heavy (non-hydrogen) atoms. The van der Waals surface area contributed by atoms with E-state index in [1.54, 1.807) is 22.2 Å². The van der Waals surface area contributed by atoms with Gasteiger partial charge in [0.15, 0.2) is 0 Å². The van der Waals surface area contributed by atoms with Crippen molar-refractivity contribution in [2.75, 3.05) is 26.2 Å². The van der Waals surface area contributed by atoms with Crippen LogP contribution in [0.3, 0.4) is 0 Å². The van der Waals surface area contributed by atoms with Gasteiger partial charge in [-0.2, -0.15) is 5.10 Å². The first-order chi connectivity index (χ1) is 15.6. The first-order valence-electron chi connectivity index (χ1n) is 11.6. The fourth-order valence-corrected chi connectivity index (χ4v) is 5.54. The van der Waals surface area contributed by atoms with Crippen LogP contribution in [0.4, 0.5) is 0 Å². The SMILES string of the molecule is CCN(CC)[C@H]1CCN(C(=O)c2cnn(-c3ncc(C)c(-c4cccs4)n3)c2C2CC2)C1. The average Bonchev–Trinajstić information content (AvgIpc) is 3.22. The van der Waals surface area contributed by atoms with E-state index in [9.17, 15) is 4.79 Å². The molecule has 1 atom stereocenters. The Morgan fingerprint density at radius 2 is 2.03 bits per heavy atom. The molecule has 0 N–H and O–H groups in total. The highest BCUT2D eigenvalue weighted by molar-refractivity contribution is 7.13. The number of hydrogen-bond acceptors (Lipinski definition) is 6. The first kappa shape index (κ1) is 21.3. The highest BCUT2D eigenvalue weighted by Crippen LogP contribution is 2.43. The van der Waals surface area contributed by atoms with Gasteiger partial charge in [-0.3, -0.25) is 9.69 Å². The van der Waals surface area contributed by atoms with Gasteiger partial charge >= 0.3 is 0 Å². The van der Waals surface area contributed by atoms with Gasteiger partial charge in [-0.15, -0.1) is 11.3 Å². The van der Waals surface area contributed by atoms with Crippen molar-refractivity contribution < 1.29 is 4.79 Å². The predicted molar refractivity (Wildman–Crippen MR) is 126 cm³/mol. The number of likely N-dealkylation sites (tertiary alicyclic amines) is 1. The third-order valence-electron chi connectivity index (χ3n) is 6.68. The van der Waals surface area contributed by atoms with Gasteiger partial charge in [0.1, 0.15) is 0 Å². The second-order valence-corrected chi connectivity index (χ2v) is 9.67. The number of carbonyl (C=O) groups is 1. The first-order valence-corrected chi connectivity index (χ1v) is 12.5. The summed E-state index contributed by atoms with van der Waals surface area (Å²) < 4.78 is 1.80. The van der Waals surface area contributed by atoms with Crippen LogP contribution in [0.1, 0.15) is 60.6 Å². The van der Waals surface area contributed by atoms with Gasteiger partial charge in [-0.1, -0.05) is 19.9 Å². The molecule has 3 aromatic rings.